The lowest BCUT2D eigenvalue weighted by Gasteiger charge is -2.11. The number of aromatic nitrogens is 2. The summed E-state index contributed by atoms with van der Waals surface area (Å²) in [6.07, 6.45) is 2.36. The number of hydrogen-bond donors (Lipinski definition) is 2. The molecule has 21 heavy (non-hydrogen) atoms. The molecule has 5 nitrogen and oxygen atoms in total. The number of anilines is 2. The lowest BCUT2D eigenvalue weighted by atomic mass is 10.2. The molecule has 1 heterocycles. The molecule has 1 fully saturated rings. The van der Waals surface area contributed by atoms with Crippen molar-refractivity contribution in [3.63, 3.8) is 0 Å². The van der Waals surface area contributed by atoms with Crippen molar-refractivity contribution in [2.24, 2.45) is 5.92 Å². The van der Waals surface area contributed by atoms with Crippen LogP contribution in [0.15, 0.2) is 24.3 Å². The van der Waals surface area contributed by atoms with E-state index >= 15 is 0 Å². The van der Waals surface area contributed by atoms with Crippen LogP contribution >= 0.6 is 0 Å². The molecule has 0 aliphatic heterocycles. The highest BCUT2D eigenvalue weighted by molar-refractivity contribution is 5.66. The zero-order chi connectivity index (χ0) is 15.0. The standard InChI is InChI=1S/C15H16FN5/c1-9(10-6-7-10)19-15-11(8-17)14(18)21(20-15)13-5-3-2-4-12(13)16/h2-5,9-10H,6-7,18H2,1H3,(H,19,20). The molecule has 3 N–H and O–H groups in total. The molecule has 1 aliphatic rings. The Hall–Kier alpha value is -2.55. The van der Waals surface area contributed by atoms with Gasteiger partial charge < -0.3 is 11.1 Å². The number of nitrogens with one attached hydrogen (secondary N) is 1. The Morgan fingerprint density at radius 2 is 2.19 bits per heavy atom. The lowest BCUT2D eigenvalue weighted by molar-refractivity contribution is 0.611. The average molecular weight is 285 g/mol. The van der Waals surface area contributed by atoms with Crippen molar-refractivity contribution in [1.82, 2.24) is 9.78 Å². The second-order valence-corrected chi connectivity index (χ2v) is 5.35. The lowest BCUT2D eigenvalue weighted by Crippen LogP contribution is -2.18. The second-order valence-electron chi connectivity index (χ2n) is 5.35. The zero-order valence-electron chi connectivity index (χ0n) is 11.7. The number of nitrogen functional groups attached to an aromatic ring is 1. The fourth-order valence-electron chi connectivity index (χ4n) is 2.38. The van der Waals surface area contributed by atoms with Crippen LogP contribution < -0.4 is 11.1 Å². The molecule has 0 bridgehead atoms. The zero-order valence-corrected chi connectivity index (χ0v) is 11.7. The third kappa shape index (κ3) is 2.42. The maximum absolute atomic E-state index is 13.9. The Balaban J connectivity index is 2.01. The molecule has 0 radical (unpaired) electrons. The van der Waals surface area contributed by atoms with E-state index in [0.717, 1.165) is 0 Å². The normalized spacial score (nSPS) is 15.5. The van der Waals surface area contributed by atoms with E-state index in [4.69, 9.17) is 5.73 Å². The van der Waals surface area contributed by atoms with Gasteiger partial charge in [-0.05, 0) is 37.8 Å². The Bertz CT molecular complexity index is 711. The predicted octanol–water partition coefficient (Wildman–Crippen LogP) is 2.68. The van der Waals surface area contributed by atoms with Crippen LogP contribution in [-0.2, 0) is 0 Å². The van der Waals surface area contributed by atoms with Gasteiger partial charge in [0.05, 0.1) is 0 Å². The van der Waals surface area contributed by atoms with E-state index in [1.54, 1.807) is 18.2 Å². The molecular formula is C15H16FN5. The fraction of sp³-hybridized carbons (Fsp3) is 0.333. The van der Waals surface area contributed by atoms with Gasteiger partial charge in [0.2, 0.25) is 0 Å². The summed E-state index contributed by atoms with van der Waals surface area (Å²) in [5.41, 5.74) is 6.44. The molecule has 1 aromatic heterocycles. The molecule has 1 saturated carbocycles. The number of nitriles is 1. The van der Waals surface area contributed by atoms with Gasteiger partial charge in [-0.15, -0.1) is 5.10 Å². The first-order valence-electron chi connectivity index (χ1n) is 6.92. The van der Waals surface area contributed by atoms with Crippen LogP contribution in [0, 0.1) is 23.1 Å². The third-order valence-electron chi connectivity index (χ3n) is 3.81. The average Bonchev–Trinajstić information content (AvgIpc) is 3.26. The molecule has 2 aromatic rings. The Morgan fingerprint density at radius 3 is 2.81 bits per heavy atom. The van der Waals surface area contributed by atoms with E-state index in [1.807, 2.05) is 6.07 Å². The maximum Gasteiger partial charge on any atom is 0.168 e. The molecule has 0 saturated heterocycles. The van der Waals surface area contributed by atoms with Crippen LogP contribution in [0.4, 0.5) is 16.0 Å². The van der Waals surface area contributed by atoms with E-state index in [-0.39, 0.29) is 23.1 Å². The van der Waals surface area contributed by atoms with Gasteiger partial charge in [0, 0.05) is 6.04 Å². The quantitative estimate of drug-likeness (QED) is 0.905. The summed E-state index contributed by atoms with van der Waals surface area (Å²) in [5.74, 6) is 0.736. The van der Waals surface area contributed by atoms with Gasteiger partial charge in [-0.1, -0.05) is 12.1 Å². The van der Waals surface area contributed by atoms with Crippen molar-refractivity contribution < 1.29 is 4.39 Å². The van der Waals surface area contributed by atoms with Crippen LogP contribution in [0.25, 0.3) is 5.69 Å². The van der Waals surface area contributed by atoms with Crippen molar-refractivity contribution in [3.05, 3.63) is 35.6 Å². The van der Waals surface area contributed by atoms with Gasteiger partial charge in [0.15, 0.2) is 5.82 Å². The van der Waals surface area contributed by atoms with Crippen LogP contribution in [-0.4, -0.2) is 15.8 Å². The number of para-hydroxylation sites is 1. The topological polar surface area (TPSA) is 79.7 Å². The Kier molecular flexibility index (Phi) is 3.26. The number of benzene rings is 1. The highest BCUT2D eigenvalue weighted by atomic mass is 19.1. The van der Waals surface area contributed by atoms with Crippen molar-refractivity contribution in [3.8, 4) is 11.8 Å². The molecule has 3 rings (SSSR count). The highest BCUT2D eigenvalue weighted by Crippen LogP contribution is 2.35. The Morgan fingerprint density at radius 1 is 1.48 bits per heavy atom. The second kappa shape index (κ2) is 5.09. The van der Waals surface area contributed by atoms with Crippen molar-refractivity contribution in [2.45, 2.75) is 25.8 Å². The van der Waals surface area contributed by atoms with E-state index in [2.05, 4.69) is 17.3 Å². The molecule has 1 atom stereocenters. The monoisotopic (exact) mass is 285 g/mol. The number of hydrogen-bond acceptors (Lipinski definition) is 4. The van der Waals surface area contributed by atoms with Gasteiger partial charge in [-0.25, -0.2) is 9.07 Å². The van der Waals surface area contributed by atoms with Crippen molar-refractivity contribution >= 4 is 11.6 Å². The summed E-state index contributed by atoms with van der Waals surface area (Å²) >= 11 is 0. The van der Waals surface area contributed by atoms with Crippen molar-refractivity contribution in [2.75, 3.05) is 11.1 Å². The molecule has 1 aromatic carbocycles. The summed E-state index contributed by atoms with van der Waals surface area (Å²) in [4.78, 5) is 0. The van der Waals surface area contributed by atoms with Gasteiger partial charge in [-0.3, -0.25) is 0 Å². The summed E-state index contributed by atoms with van der Waals surface area (Å²) in [6.45, 7) is 2.05. The van der Waals surface area contributed by atoms with Gasteiger partial charge in [0.25, 0.3) is 0 Å². The van der Waals surface area contributed by atoms with Crippen molar-refractivity contribution in [1.29, 1.82) is 5.26 Å². The summed E-state index contributed by atoms with van der Waals surface area (Å²) < 4.78 is 15.2. The first-order chi connectivity index (χ1) is 10.1. The maximum atomic E-state index is 13.9. The van der Waals surface area contributed by atoms with Gasteiger partial charge in [-0.2, -0.15) is 5.26 Å². The number of nitrogens with two attached hydrogens (primary N) is 1. The number of rotatable bonds is 4. The Labute approximate surface area is 122 Å². The number of halogens is 1. The minimum absolute atomic E-state index is 0.146. The van der Waals surface area contributed by atoms with Crippen LogP contribution in [0.3, 0.4) is 0 Å². The SMILES string of the molecule is CC(Nc1nn(-c2ccccc2F)c(N)c1C#N)C1CC1. The molecule has 1 unspecified atom stereocenters. The third-order valence-corrected chi connectivity index (χ3v) is 3.81. The van der Waals surface area contributed by atoms with E-state index in [1.165, 1.54) is 23.6 Å². The minimum atomic E-state index is -0.432. The summed E-state index contributed by atoms with van der Waals surface area (Å²) in [6, 6.07) is 8.48. The predicted molar refractivity (Wildman–Crippen MR) is 78.5 cm³/mol. The minimum Gasteiger partial charge on any atom is -0.382 e. The molecule has 108 valence electrons. The molecule has 1 aliphatic carbocycles. The molecule has 0 spiro atoms. The summed E-state index contributed by atoms with van der Waals surface area (Å²) in [5, 5.41) is 16.8. The van der Waals surface area contributed by atoms with Crippen LogP contribution in [0.2, 0.25) is 0 Å². The number of nitrogens with zero attached hydrogens (tertiary/aromatic N) is 3. The van der Waals surface area contributed by atoms with E-state index in [0.29, 0.717) is 11.7 Å². The van der Waals surface area contributed by atoms with E-state index in [9.17, 15) is 9.65 Å². The van der Waals surface area contributed by atoms with Gasteiger partial charge in [0.1, 0.15) is 29.0 Å². The van der Waals surface area contributed by atoms with Crippen LogP contribution in [0.5, 0.6) is 0 Å². The van der Waals surface area contributed by atoms with Crippen LogP contribution in [0.1, 0.15) is 25.3 Å². The highest BCUT2D eigenvalue weighted by Gasteiger charge is 2.29. The van der Waals surface area contributed by atoms with Gasteiger partial charge >= 0.3 is 0 Å². The molecule has 6 heteroatoms. The molecular weight excluding hydrogens is 269 g/mol. The smallest absolute Gasteiger partial charge is 0.168 e. The first kappa shape index (κ1) is 13.4. The molecule has 0 amide bonds. The largest absolute Gasteiger partial charge is 0.382 e. The first-order valence-corrected chi connectivity index (χ1v) is 6.92. The fourth-order valence-corrected chi connectivity index (χ4v) is 2.38. The summed E-state index contributed by atoms with van der Waals surface area (Å²) in [7, 11) is 0. The van der Waals surface area contributed by atoms with E-state index < -0.39 is 5.82 Å².